The van der Waals surface area contributed by atoms with Gasteiger partial charge in [0.2, 0.25) is 11.7 Å². The van der Waals surface area contributed by atoms with Gasteiger partial charge in [-0.15, -0.1) is 5.10 Å². The Morgan fingerprint density at radius 1 is 1.08 bits per heavy atom. The molecule has 0 saturated carbocycles. The fraction of sp³-hybridized carbons (Fsp3) is 0.333. The lowest BCUT2D eigenvalue weighted by molar-refractivity contribution is -0.137. The zero-order chi connectivity index (χ0) is 38.0. The van der Waals surface area contributed by atoms with Crippen LogP contribution < -0.4 is 10.9 Å². The van der Waals surface area contributed by atoms with E-state index in [4.69, 9.17) is 16.3 Å². The van der Waals surface area contributed by atoms with E-state index in [9.17, 15) is 37.8 Å². The van der Waals surface area contributed by atoms with Crippen LogP contribution in [0.15, 0.2) is 65.6 Å². The molecule has 2 aliphatic rings. The van der Waals surface area contributed by atoms with Crippen molar-refractivity contribution in [2.45, 2.75) is 63.6 Å². The number of benzene rings is 2. The van der Waals surface area contributed by atoms with Gasteiger partial charge in [-0.3, -0.25) is 14.4 Å². The number of hydrogen-bond donors (Lipinski definition) is 3. The molecule has 2 aromatic carbocycles. The van der Waals surface area contributed by atoms with E-state index in [-0.39, 0.29) is 65.3 Å². The second-order valence-electron chi connectivity index (χ2n) is 13.6. The average molecular weight is 752 g/mol. The van der Waals surface area contributed by atoms with E-state index in [1.807, 2.05) is 0 Å². The largest absolute Gasteiger partial charge is 0.505 e. The van der Waals surface area contributed by atoms with Crippen molar-refractivity contribution >= 4 is 34.9 Å². The molecular formula is C36H33ClF3N7O6. The maximum Gasteiger partial charge on any atom is 0.416 e. The predicted molar refractivity (Wildman–Crippen MR) is 185 cm³/mol. The number of aromatic nitrogens is 5. The van der Waals surface area contributed by atoms with E-state index in [0.29, 0.717) is 22.9 Å². The molecule has 0 aliphatic carbocycles. The number of fused-ring (bicyclic) bond motifs is 3. The minimum absolute atomic E-state index is 0.00295. The molecule has 3 aromatic heterocycles. The van der Waals surface area contributed by atoms with E-state index < -0.39 is 53.0 Å². The van der Waals surface area contributed by atoms with Crippen molar-refractivity contribution in [1.29, 1.82) is 0 Å². The van der Waals surface area contributed by atoms with Gasteiger partial charge in [-0.25, -0.2) is 4.98 Å². The first-order valence-electron chi connectivity index (χ1n) is 16.6. The quantitative estimate of drug-likeness (QED) is 0.206. The van der Waals surface area contributed by atoms with Gasteiger partial charge in [0.1, 0.15) is 17.9 Å². The van der Waals surface area contributed by atoms with Gasteiger partial charge in [0.05, 0.1) is 39.2 Å². The maximum atomic E-state index is 14.5. The number of pyridine rings is 1. The van der Waals surface area contributed by atoms with Crippen LogP contribution in [-0.2, 0) is 33.5 Å². The van der Waals surface area contributed by atoms with E-state index in [1.54, 1.807) is 45.0 Å². The summed E-state index contributed by atoms with van der Waals surface area (Å²) < 4.78 is 48.9. The molecule has 13 nitrogen and oxygen atoms in total. The van der Waals surface area contributed by atoms with E-state index in [1.165, 1.54) is 27.8 Å². The highest BCUT2D eigenvalue weighted by molar-refractivity contribution is 6.33. The molecule has 1 saturated heterocycles. The monoisotopic (exact) mass is 751 g/mol. The molecule has 17 heteroatoms. The number of hydrogen-bond acceptors (Lipinski definition) is 9. The van der Waals surface area contributed by atoms with Crippen molar-refractivity contribution < 1.29 is 37.7 Å². The molecule has 1 spiro atoms. The smallest absolute Gasteiger partial charge is 0.416 e. The second-order valence-corrected chi connectivity index (χ2v) is 14.0. The highest BCUT2D eigenvalue weighted by Crippen LogP contribution is 2.48. The van der Waals surface area contributed by atoms with Crippen LogP contribution in [0.2, 0.25) is 5.02 Å². The van der Waals surface area contributed by atoms with Crippen LogP contribution in [0.4, 0.5) is 18.9 Å². The number of carbonyl (C=O) groups excluding carboxylic acids is 2. The fourth-order valence-electron chi connectivity index (χ4n) is 6.97. The molecule has 1 fully saturated rings. The Kier molecular flexibility index (Phi) is 8.82. The number of amides is 2. The zero-order valence-electron chi connectivity index (χ0n) is 28.6. The number of nitrogens with one attached hydrogen (secondary N) is 1. The van der Waals surface area contributed by atoms with Crippen molar-refractivity contribution in [3.63, 3.8) is 0 Å². The number of alkyl halides is 3. The minimum atomic E-state index is -4.64. The summed E-state index contributed by atoms with van der Waals surface area (Å²) in [7, 11) is 0. The first-order valence-corrected chi connectivity index (χ1v) is 17.0. The number of likely N-dealkylation sites (tertiary alicyclic amines) is 1. The first kappa shape index (κ1) is 36.1. The van der Waals surface area contributed by atoms with E-state index in [0.717, 1.165) is 16.6 Å². The number of rotatable bonds is 6. The Morgan fingerprint density at radius 2 is 1.81 bits per heavy atom. The van der Waals surface area contributed by atoms with Crippen molar-refractivity contribution in [3.8, 4) is 17.1 Å². The Bertz CT molecular complexity index is 2350. The van der Waals surface area contributed by atoms with Gasteiger partial charge in [-0.1, -0.05) is 29.8 Å². The molecule has 7 rings (SSSR count). The molecule has 2 amide bonds. The van der Waals surface area contributed by atoms with Crippen LogP contribution in [0.5, 0.6) is 5.75 Å². The molecular weight excluding hydrogens is 719 g/mol. The van der Waals surface area contributed by atoms with Gasteiger partial charge in [-0.05, 0) is 75.6 Å². The van der Waals surface area contributed by atoms with Crippen molar-refractivity contribution in [1.82, 2.24) is 29.0 Å². The summed E-state index contributed by atoms with van der Waals surface area (Å²) in [6.45, 7) is 4.81. The van der Waals surface area contributed by atoms with Gasteiger partial charge in [0.15, 0.2) is 11.5 Å². The molecule has 3 N–H and O–H groups in total. The number of carbonyl (C=O) groups is 2. The lowest BCUT2D eigenvalue weighted by atomic mass is 9.85. The number of aromatic hydroxyl groups is 1. The van der Waals surface area contributed by atoms with Crippen LogP contribution in [0.3, 0.4) is 0 Å². The molecule has 2 aliphatic heterocycles. The number of halogens is 4. The number of anilines is 1. The highest BCUT2D eigenvalue weighted by Gasteiger charge is 2.50. The SMILES string of the molecule is C[C@H]1OC2(CCN(C(=O)c3ncccc3O)CC2)c2c1n(CC(=O)Nc1ccc(C(F)(F)F)cc1Cl)c1nc(-c3cccc(C(C)(C)O)c3)nn1c2=O. The highest BCUT2D eigenvalue weighted by atomic mass is 35.5. The number of piperidine rings is 1. The summed E-state index contributed by atoms with van der Waals surface area (Å²) in [5.41, 5.74) is -2.42. The first-order chi connectivity index (χ1) is 25.0. The standard InChI is InChI=1S/C36H33ClF3N7O6/c1-19-29-27(35(53-19)11-14-45(15-12-35)32(51)28-25(48)8-5-13-41-28)31(50)47-33(43-30(44-47)20-6-4-7-21(16-20)34(2,3)52)46(29)18-26(49)42-24-10-9-22(17-23(24)37)36(38,39)40/h4-10,13,16-17,19,48,52H,11-12,14-15,18H2,1-3H3,(H,42,49)/t19-/m1/s1. The number of nitrogens with zero attached hydrogens (tertiary/aromatic N) is 6. The Morgan fingerprint density at radius 3 is 2.47 bits per heavy atom. The van der Waals surface area contributed by atoms with Crippen LogP contribution in [0.1, 0.15) is 72.6 Å². The van der Waals surface area contributed by atoms with Crippen molar-refractivity contribution in [2.75, 3.05) is 18.4 Å². The van der Waals surface area contributed by atoms with E-state index in [2.05, 4.69) is 20.4 Å². The summed E-state index contributed by atoms with van der Waals surface area (Å²) >= 11 is 6.14. The fourth-order valence-corrected chi connectivity index (χ4v) is 7.20. The normalized spacial score (nSPS) is 17.0. The van der Waals surface area contributed by atoms with Crippen LogP contribution >= 0.6 is 11.6 Å². The lowest BCUT2D eigenvalue weighted by Gasteiger charge is -2.39. The lowest BCUT2D eigenvalue weighted by Crippen LogP contribution is -2.47. The predicted octanol–water partition coefficient (Wildman–Crippen LogP) is 5.42. The summed E-state index contributed by atoms with van der Waals surface area (Å²) in [4.78, 5) is 51.6. The van der Waals surface area contributed by atoms with Gasteiger partial charge in [0.25, 0.3) is 11.5 Å². The van der Waals surface area contributed by atoms with Gasteiger partial charge >= 0.3 is 6.18 Å². The molecule has 0 bridgehead atoms. The molecule has 0 radical (unpaired) electrons. The number of ether oxygens (including phenoxy) is 1. The third-order valence-electron chi connectivity index (χ3n) is 9.57. The molecule has 1 atom stereocenters. The van der Waals surface area contributed by atoms with Crippen LogP contribution in [0, 0.1) is 0 Å². The molecule has 5 aromatic rings. The minimum Gasteiger partial charge on any atom is -0.505 e. The van der Waals surface area contributed by atoms with Crippen molar-refractivity contribution in [3.05, 3.63) is 104 Å². The molecule has 53 heavy (non-hydrogen) atoms. The maximum absolute atomic E-state index is 14.5. The summed E-state index contributed by atoms with van der Waals surface area (Å²) in [6.07, 6.45) is -3.60. The van der Waals surface area contributed by atoms with E-state index >= 15 is 0 Å². The van der Waals surface area contributed by atoms with Gasteiger partial charge < -0.3 is 29.7 Å². The Hall–Kier alpha value is -5.32. The Balaban J connectivity index is 1.30. The molecule has 276 valence electrons. The van der Waals surface area contributed by atoms with Gasteiger partial charge in [0, 0.05) is 24.8 Å². The number of aliphatic hydroxyl groups is 1. The summed E-state index contributed by atoms with van der Waals surface area (Å²) in [5, 5.41) is 27.6. The van der Waals surface area contributed by atoms with Gasteiger partial charge in [-0.2, -0.15) is 22.7 Å². The third-order valence-corrected chi connectivity index (χ3v) is 9.89. The van der Waals surface area contributed by atoms with Crippen molar-refractivity contribution in [2.24, 2.45) is 0 Å². The zero-order valence-corrected chi connectivity index (χ0v) is 29.4. The molecule has 5 heterocycles. The summed E-state index contributed by atoms with van der Waals surface area (Å²) in [5.74, 6) is -1.29. The average Bonchev–Trinajstić information content (AvgIpc) is 3.67. The Labute approximate surface area is 304 Å². The summed E-state index contributed by atoms with van der Waals surface area (Å²) in [6, 6.07) is 12.3. The third kappa shape index (κ3) is 6.51. The molecule has 0 unspecified atom stereocenters. The topological polar surface area (TPSA) is 164 Å². The van der Waals surface area contributed by atoms with Crippen LogP contribution in [-0.4, -0.2) is 64.2 Å². The van der Waals surface area contributed by atoms with Crippen LogP contribution in [0.25, 0.3) is 17.2 Å². The second kappa shape index (κ2) is 13.0.